The highest BCUT2D eigenvalue weighted by atomic mass is 32.2. The van der Waals surface area contributed by atoms with Crippen LogP contribution < -0.4 is 0 Å². The SMILES string of the molecule is Cc1ccccc1-c1oc(C(C)C(C)(C)C)cc1Sc1ccccc1. The molecule has 3 aromatic rings. The maximum Gasteiger partial charge on any atom is 0.148 e. The normalized spacial score (nSPS) is 13.0. The molecule has 1 nitrogen and oxygen atoms in total. The van der Waals surface area contributed by atoms with Gasteiger partial charge in [-0.1, -0.05) is 81.9 Å². The van der Waals surface area contributed by atoms with Gasteiger partial charge in [0.25, 0.3) is 0 Å². The Balaban J connectivity index is 2.08. The number of rotatable bonds is 4. The average Bonchev–Trinajstić information content (AvgIpc) is 2.98. The third-order valence-corrected chi connectivity index (χ3v) is 5.83. The van der Waals surface area contributed by atoms with Crippen LogP contribution in [0.25, 0.3) is 11.3 Å². The highest BCUT2D eigenvalue weighted by Gasteiger charge is 2.27. The van der Waals surface area contributed by atoms with Crippen molar-refractivity contribution >= 4 is 11.8 Å². The first-order valence-corrected chi connectivity index (χ1v) is 9.60. The van der Waals surface area contributed by atoms with Crippen LogP contribution >= 0.6 is 11.8 Å². The smallest absolute Gasteiger partial charge is 0.148 e. The van der Waals surface area contributed by atoms with Crippen molar-refractivity contribution < 1.29 is 4.42 Å². The monoisotopic (exact) mass is 350 g/mol. The second-order valence-electron chi connectivity index (χ2n) is 7.66. The molecular weight excluding hydrogens is 324 g/mol. The van der Waals surface area contributed by atoms with Gasteiger partial charge in [-0.3, -0.25) is 0 Å². The van der Waals surface area contributed by atoms with Crippen LogP contribution in [0.3, 0.4) is 0 Å². The summed E-state index contributed by atoms with van der Waals surface area (Å²) >= 11 is 1.77. The van der Waals surface area contributed by atoms with E-state index in [1.807, 2.05) is 0 Å². The maximum absolute atomic E-state index is 6.42. The van der Waals surface area contributed by atoms with Gasteiger partial charge in [-0.25, -0.2) is 0 Å². The van der Waals surface area contributed by atoms with Crippen molar-refractivity contribution in [2.75, 3.05) is 0 Å². The predicted molar refractivity (Wildman–Crippen MR) is 107 cm³/mol. The van der Waals surface area contributed by atoms with Crippen molar-refractivity contribution in [2.24, 2.45) is 5.41 Å². The van der Waals surface area contributed by atoms with E-state index in [0.29, 0.717) is 5.92 Å². The molecule has 0 spiro atoms. The van der Waals surface area contributed by atoms with Gasteiger partial charge < -0.3 is 4.42 Å². The molecule has 0 aliphatic heterocycles. The lowest BCUT2D eigenvalue weighted by atomic mass is 9.81. The molecule has 2 heteroatoms. The zero-order valence-electron chi connectivity index (χ0n) is 15.7. The molecule has 2 aromatic carbocycles. The molecule has 25 heavy (non-hydrogen) atoms. The van der Waals surface area contributed by atoms with Crippen LogP contribution in [0.5, 0.6) is 0 Å². The molecule has 3 rings (SSSR count). The first kappa shape index (κ1) is 17.9. The van der Waals surface area contributed by atoms with E-state index < -0.39 is 0 Å². The van der Waals surface area contributed by atoms with E-state index in [9.17, 15) is 0 Å². The topological polar surface area (TPSA) is 13.1 Å². The fourth-order valence-electron chi connectivity index (χ4n) is 2.74. The minimum absolute atomic E-state index is 0.162. The highest BCUT2D eigenvalue weighted by molar-refractivity contribution is 7.99. The second-order valence-corrected chi connectivity index (χ2v) is 8.78. The number of hydrogen-bond donors (Lipinski definition) is 0. The Morgan fingerprint density at radius 3 is 2.20 bits per heavy atom. The van der Waals surface area contributed by atoms with Crippen LogP contribution in [-0.4, -0.2) is 0 Å². The fraction of sp³-hybridized carbons (Fsp3) is 0.304. The molecule has 130 valence electrons. The lowest BCUT2D eigenvalue weighted by Gasteiger charge is -2.25. The molecule has 1 aromatic heterocycles. The Kier molecular flexibility index (Phi) is 5.10. The van der Waals surface area contributed by atoms with Crippen molar-refractivity contribution in [2.45, 2.75) is 50.3 Å². The molecule has 0 bridgehead atoms. The Hall–Kier alpha value is -1.93. The Bertz CT molecular complexity index is 840. The quantitative estimate of drug-likeness (QED) is 0.481. The van der Waals surface area contributed by atoms with Gasteiger partial charge in [0.15, 0.2) is 0 Å². The number of hydrogen-bond acceptors (Lipinski definition) is 2. The number of furan rings is 1. The van der Waals surface area contributed by atoms with Gasteiger partial charge in [-0.05, 0) is 36.1 Å². The first-order chi connectivity index (χ1) is 11.9. The summed E-state index contributed by atoms with van der Waals surface area (Å²) in [4.78, 5) is 2.42. The minimum atomic E-state index is 0.162. The molecule has 0 radical (unpaired) electrons. The van der Waals surface area contributed by atoms with E-state index in [2.05, 4.69) is 95.3 Å². The van der Waals surface area contributed by atoms with Crippen molar-refractivity contribution in [1.29, 1.82) is 0 Å². The van der Waals surface area contributed by atoms with Gasteiger partial charge in [0.05, 0.1) is 4.90 Å². The summed E-state index contributed by atoms with van der Waals surface area (Å²) in [7, 11) is 0. The molecule has 0 amide bonds. The van der Waals surface area contributed by atoms with Gasteiger partial charge >= 0.3 is 0 Å². The molecule has 0 aliphatic carbocycles. The molecule has 0 saturated carbocycles. The summed E-state index contributed by atoms with van der Waals surface area (Å²) in [5, 5.41) is 0. The lowest BCUT2D eigenvalue weighted by molar-refractivity contribution is 0.299. The highest BCUT2D eigenvalue weighted by Crippen LogP contribution is 2.44. The second kappa shape index (κ2) is 7.13. The number of benzene rings is 2. The van der Waals surface area contributed by atoms with E-state index in [1.54, 1.807) is 11.8 Å². The summed E-state index contributed by atoms with van der Waals surface area (Å²) in [5.74, 6) is 2.39. The van der Waals surface area contributed by atoms with Crippen LogP contribution in [0.15, 0.2) is 74.9 Å². The van der Waals surface area contributed by atoms with Crippen LogP contribution in [0.2, 0.25) is 0 Å². The van der Waals surface area contributed by atoms with Crippen LogP contribution in [0, 0.1) is 12.3 Å². The summed E-state index contributed by atoms with van der Waals surface area (Å²) in [6.45, 7) is 11.2. The predicted octanol–water partition coefficient (Wildman–Crippen LogP) is 7.56. The van der Waals surface area contributed by atoms with E-state index in [0.717, 1.165) is 11.5 Å². The van der Waals surface area contributed by atoms with Crippen LogP contribution in [0.4, 0.5) is 0 Å². The Labute approximate surface area is 155 Å². The average molecular weight is 351 g/mol. The van der Waals surface area contributed by atoms with E-state index in [-0.39, 0.29) is 5.41 Å². The largest absolute Gasteiger partial charge is 0.460 e. The van der Waals surface area contributed by atoms with Crippen molar-refractivity contribution in [3.05, 3.63) is 72.0 Å². The minimum Gasteiger partial charge on any atom is -0.460 e. The summed E-state index contributed by atoms with van der Waals surface area (Å²) < 4.78 is 6.42. The Morgan fingerprint density at radius 2 is 1.56 bits per heavy atom. The molecule has 0 aliphatic rings. The zero-order chi connectivity index (χ0) is 18.0. The third kappa shape index (κ3) is 4.01. The van der Waals surface area contributed by atoms with Crippen LogP contribution in [0.1, 0.15) is 44.9 Å². The summed E-state index contributed by atoms with van der Waals surface area (Å²) in [6, 6.07) is 21.2. The fourth-order valence-corrected chi connectivity index (χ4v) is 3.71. The Morgan fingerprint density at radius 1 is 0.920 bits per heavy atom. The van der Waals surface area contributed by atoms with E-state index in [1.165, 1.54) is 20.9 Å². The molecule has 1 heterocycles. The van der Waals surface area contributed by atoms with Crippen LogP contribution in [-0.2, 0) is 0 Å². The van der Waals surface area contributed by atoms with E-state index in [4.69, 9.17) is 4.42 Å². The molecule has 1 atom stereocenters. The lowest BCUT2D eigenvalue weighted by Crippen LogP contribution is -2.14. The summed E-state index contributed by atoms with van der Waals surface area (Å²) in [6.07, 6.45) is 0. The van der Waals surface area contributed by atoms with Gasteiger partial charge in [0, 0.05) is 16.4 Å². The zero-order valence-corrected chi connectivity index (χ0v) is 16.5. The third-order valence-electron chi connectivity index (χ3n) is 4.80. The number of aryl methyl sites for hydroxylation is 1. The van der Waals surface area contributed by atoms with Gasteiger partial charge in [0.1, 0.15) is 11.5 Å². The van der Waals surface area contributed by atoms with Crippen molar-refractivity contribution in [3.8, 4) is 11.3 Å². The van der Waals surface area contributed by atoms with Crippen molar-refractivity contribution in [3.63, 3.8) is 0 Å². The summed E-state index contributed by atoms with van der Waals surface area (Å²) in [5.41, 5.74) is 2.57. The van der Waals surface area contributed by atoms with Gasteiger partial charge in [0.2, 0.25) is 0 Å². The van der Waals surface area contributed by atoms with Crippen molar-refractivity contribution in [1.82, 2.24) is 0 Å². The standard InChI is InChI=1S/C23H26OS/c1-16-11-9-10-14-19(16)22-21(25-18-12-7-6-8-13-18)15-20(24-22)17(2)23(3,4)5/h6-15,17H,1-5H3. The first-order valence-electron chi connectivity index (χ1n) is 8.79. The molecule has 0 fully saturated rings. The molecule has 0 saturated heterocycles. The van der Waals surface area contributed by atoms with Gasteiger partial charge in [-0.2, -0.15) is 0 Å². The maximum atomic E-state index is 6.42. The molecule has 0 N–H and O–H groups in total. The molecule has 1 unspecified atom stereocenters. The van der Waals surface area contributed by atoms with E-state index >= 15 is 0 Å². The van der Waals surface area contributed by atoms with Gasteiger partial charge in [-0.15, -0.1) is 0 Å². The molecular formula is C23H26OS.